The van der Waals surface area contributed by atoms with E-state index in [0.717, 1.165) is 10.9 Å². The maximum atomic E-state index is 12.6. The number of esters is 1. The SMILES string of the molecule is CCOC(=O)C1(C(O)C(N)=O)CCC(Nc2nccc(-n3ncc4ccccc43)n2)CC1. The Hall–Kier alpha value is -3.53. The number of hydrogen-bond donors (Lipinski definition) is 3. The van der Waals surface area contributed by atoms with Crippen molar-refractivity contribution in [2.45, 2.75) is 44.8 Å². The molecule has 0 aliphatic heterocycles. The number of para-hydroxylation sites is 1. The molecule has 4 rings (SSSR count). The summed E-state index contributed by atoms with van der Waals surface area (Å²) in [5.41, 5.74) is 4.92. The number of carbonyl (C=O) groups excluding carboxylic acids is 2. The van der Waals surface area contributed by atoms with E-state index in [9.17, 15) is 14.7 Å². The molecule has 1 saturated carbocycles. The summed E-state index contributed by atoms with van der Waals surface area (Å²) in [6, 6.07) is 9.59. The van der Waals surface area contributed by atoms with Gasteiger partial charge >= 0.3 is 5.97 Å². The second-order valence-corrected chi connectivity index (χ2v) is 7.95. The van der Waals surface area contributed by atoms with E-state index in [0.29, 0.717) is 24.6 Å². The molecule has 2 aromatic heterocycles. The molecule has 3 aromatic rings. The van der Waals surface area contributed by atoms with Crippen LogP contribution in [0.1, 0.15) is 32.6 Å². The van der Waals surface area contributed by atoms with Gasteiger partial charge in [-0.1, -0.05) is 18.2 Å². The number of fused-ring (bicyclic) bond motifs is 1. The third-order valence-corrected chi connectivity index (χ3v) is 6.02. The molecular weight excluding hydrogens is 412 g/mol. The van der Waals surface area contributed by atoms with Crippen molar-refractivity contribution in [2.75, 3.05) is 11.9 Å². The van der Waals surface area contributed by atoms with Crippen molar-refractivity contribution in [1.29, 1.82) is 0 Å². The first-order valence-corrected chi connectivity index (χ1v) is 10.6. The molecule has 1 atom stereocenters. The van der Waals surface area contributed by atoms with Gasteiger partial charge in [0.15, 0.2) is 5.82 Å². The molecule has 0 saturated heterocycles. The minimum Gasteiger partial charge on any atom is -0.465 e. The van der Waals surface area contributed by atoms with Crippen LogP contribution in [-0.4, -0.2) is 55.5 Å². The Balaban J connectivity index is 1.49. The number of hydrogen-bond acceptors (Lipinski definition) is 8. The number of nitrogens with one attached hydrogen (secondary N) is 1. The molecule has 10 heteroatoms. The molecule has 32 heavy (non-hydrogen) atoms. The van der Waals surface area contributed by atoms with Gasteiger partial charge in [-0.25, -0.2) is 9.67 Å². The van der Waals surface area contributed by atoms with Crippen LogP contribution >= 0.6 is 0 Å². The monoisotopic (exact) mass is 438 g/mol. The normalized spacial score (nSPS) is 21.8. The average molecular weight is 438 g/mol. The van der Waals surface area contributed by atoms with Gasteiger partial charge < -0.3 is 20.9 Å². The third-order valence-electron chi connectivity index (χ3n) is 6.02. The second kappa shape index (κ2) is 8.91. The van der Waals surface area contributed by atoms with E-state index in [2.05, 4.69) is 20.4 Å². The minimum absolute atomic E-state index is 0.0396. The zero-order valence-electron chi connectivity index (χ0n) is 17.8. The molecule has 4 N–H and O–H groups in total. The number of ether oxygens (including phenoxy) is 1. The summed E-state index contributed by atoms with van der Waals surface area (Å²) in [7, 11) is 0. The van der Waals surface area contributed by atoms with Crippen molar-refractivity contribution >= 4 is 28.7 Å². The van der Waals surface area contributed by atoms with Crippen LogP contribution in [0.4, 0.5) is 5.95 Å². The summed E-state index contributed by atoms with van der Waals surface area (Å²) in [5, 5.41) is 19.1. The van der Waals surface area contributed by atoms with Gasteiger partial charge in [-0.15, -0.1) is 0 Å². The first-order chi connectivity index (χ1) is 15.4. The van der Waals surface area contributed by atoms with Crippen LogP contribution in [0.15, 0.2) is 42.7 Å². The smallest absolute Gasteiger partial charge is 0.315 e. The van der Waals surface area contributed by atoms with E-state index in [1.54, 1.807) is 30.1 Å². The van der Waals surface area contributed by atoms with Gasteiger partial charge in [-0.05, 0) is 38.7 Å². The zero-order chi connectivity index (χ0) is 22.7. The average Bonchev–Trinajstić information content (AvgIpc) is 3.24. The Kier molecular flexibility index (Phi) is 6.04. The van der Waals surface area contributed by atoms with Crippen molar-refractivity contribution in [2.24, 2.45) is 11.1 Å². The van der Waals surface area contributed by atoms with E-state index >= 15 is 0 Å². The standard InChI is InChI=1S/C22H26N6O4/c1-2-32-20(31)22(18(29)19(23)30)10-7-15(8-11-22)26-21-24-12-9-17(27-21)28-16-6-4-3-5-14(16)13-25-28/h3-6,9,12-13,15,18,29H,2,7-8,10-11H2,1H3,(H2,23,30)(H,24,26,27). The highest BCUT2D eigenvalue weighted by Crippen LogP contribution is 2.41. The maximum Gasteiger partial charge on any atom is 0.315 e. The van der Waals surface area contributed by atoms with Gasteiger partial charge in [0, 0.05) is 23.7 Å². The van der Waals surface area contributed by atoms with E-state index in [-0.39, 0.29) is 25.5 Å². The van der Waals surface area contributed by atoms with Gasteiger partial charge in [0.1, 0.15) is 11.5 Å². The van der Waals surface area contributed by atoms with E-state index in [1.165, 1.54) is 0 Å². The highest BCUT2D eigenvalue weighted by Gasteiger charge is 2.51. The van der Waals surface area contributed by atoms with Crippen molar-refractivity contribution in [3.8, 4) is 5.82 Å². The molecule has 2 heterocycles. The van der Waals surface area contributed by atoms with E-state index in [1.807, 2.05) is 24.3 Å². The molecule has 1 amide bonds. The van der Waals surface area contributed by atoms with Crippen molar-refractivity contribution in [1.82, 2.24) is 19.7 Å². The molecule has 1 fully saturated rings. The zero-order valence-corrected chi connectivity index (χ0v) is 17.8. The summed E-state index contributed by atoms with van der Waals surface area (Å²) in [5.74, 6) is -0.448. The van der Waals surface area contributed by atoms with Crippen LogP contribution in [0.2, 0.25) is 0 Å². The predicted molar refractivity (Wildman–Crippen MR) is 117 cm³/mol. The fraction of sp³-hybridized carbons (Fsp3) is 0.409. The molecule has 0 bridgehead atoms. The molecular formula is C22H26N6O4. The number of aliphatic hydroxyl groups is 1. The number of primary amides is 1. The molecule has 1 aliphatic carbocycles. The quantitative estimate of drug-likeness (QED) is 0.471. The lowest BCUT2D eigenvalue weighted by atomic mass is 9.68. The number of rotatable bonds is 7. The Morgan fingerprint density at radius 2 is 2.06 bits per heavy atom. The molecule has 1 unspecified atom stereocenters. The lowest BCUT2D eigenvalue weighted by Crippen LogP contribution is -2.53. The fourth-order valence-electron chi connectivity index (χ4n) is 4.29. The highest BCUT2D eigenvalue weighted by atomic mass is 16.5. The summed E-state index contributed by atoms with van der Waals surface area (Å²) in [6.45, 7) is 1.85. The van der Waals surface area contributed by atoms with Gasteiger partial charge in [-0.2, -0.15) is 10.1 Å². The van der Waals surface area contributed by atoms with Crippen molar-refractivity contribution in [3.63, 3.8) is 0 Å². The second-order valence-electron chi connectivity index (χ2n) is 7.95. The number of aliphatic hydroxyl groups excluding tert-OH is 1. The largest absolute Gasteiger partial charge is 0.465 e. The first-order valence-electron chi connectivity index (χ1n) is 10.6. The predicted octanol–water partition coefficient (Wildman–Crippen LogP) is 1.57. The van der Waals surface area contributed by atoms with Gasteiger partial charge in [0.25, 0.3) is 0 Å². The van der Waals surface area contributed by atoms with E-state index < -0.39 is 23.4 Å². The van der Waals surface area contributed by atoms with Crippen LogP contribution < -0.4 is 11.1 Å². The van der Waals surface area contributed by atoms with Crippen LogP contribution in [-0.2, 0) is 14.3 Å². The molecule has 1 aliphatic rings. The van der Waals surface area contributed by atoms with Crippen molar-refractivity contribution < 1.29 is 19.4 Å². The third kappa shape index (κ3) is 4.01. The Morgan fingerprint density at radius 3 is 2.78 bits per heavy atom. The number of amides is 1. The fourth-order valence-corrected chi connectivity index (χ4v) is 4.29. The summed E-state index contributed by atoms with van der Waals surface area (Å²) < 4.78 is 6.89. The summed E-state index contributed by atoms with van der Waals surface area (Å²) in [6.07, 6.45) is 3.40. The maximum absolute atomic E-state index is 12.6. The lowest BCUT2D eigenvalue weighted by Gasteiger charge is -2.40. The number of carbonyl (C=O) groups is 2. The van der Waals surface area contributed by atoms with Crippen LogP contribution in [0.25, 0.3) is 16.7 Å². The first kappa shape index (κ1) is 21.7. The molecule has 0 radical (unpaired) electrons. The molecule has 10 nitrogen and oxygen atoms in total. The number of nitrogens with zero attached hydrogens (tertiary/aromatic N) is 4. The van der Waals surface area contributed by atoms with Gasteiger partial charge in [-0.3, -0.25) is 9.59 Å². The van der Waals surface area contributed by atoms with Crippen LogP contribution in [0.3, 0.4) is 0 Å². The van der Waals surface area contributed by atoms with Gasteiger partial charge in [0.05, 0.1) is 18.3 Å². The lowest BCUT2D eigenvalue weighted by molar-refractivity contribution is -0.170. The Morgan fingerprint density at radius 1 is 1.31 bits per heavy atom. The number of aromatic nitrogens is 4. The molecule has 1 aromatic carbocycles. The number of benzene rings is 1. The van der Waals surface area contributed by atoms with E-state index in [4.69, 9.17) is 10.5 Å². The van der Waals surface area contributed by atoms with Crippen molar-refractivity contribution in [3.05, 3.63) is 42.7 Å². The number of anilines is 1. The van der Waals surface area contributed by atoms with Crippen LogP contribution in [0, 0.1) is 5.41 Å². The topological polar surface area (TPSA) is 145 Å². The summed E-state index contributed by atoms with van der Waals surface area (Å²) >= 11 is 0. The highest BCUT2D eigenvalue weighted by molar-refractivity contribution is 5.89. The molecule has 0 spiro atoms. The molecule has 168 valence electrons. The minimum atomic E-state index is -1.59. The summed E-state index contributed by atoms with van der Waals surface area (Å²) in [4.78, 5) is 33.1. The Bertz CT molecular complexity index is 1120. The number of nitrogens with two attached hydrogens (primary N) is 1. The van der Waals surface area contributed by atoms with Gasteiger partial charge in [0.2, 0.25) is 11.9 Å². The van der Waals surface area contributed by atoms with Crippen LogP contribution in [0.5, 0.6) is 0 Å². The Labute approximate surface area is 184 Å².